The van der Waals surface area contributed by atoms with E-state index in [1.165, 1.54) is 0 Å². The molecule has 1 atom stereocenters. The van der Waals surface area contributed by atoms with E-state index in [4.69, 9.17) is 4.74 Å². The average Bonchev–Trinajstić information content (AvgIpc) is 2.91. The first kappa shape index (κ1) is 19.5. The molecule has 7 nitrogen and oxygen atoms in total. The summed E-state index contributed by atoms with van der Waals surface area (Å²) in [6.45, 7) is 6.75. The van der Waals surface area contributed by atoms with Crippen LogP contribution in [-0.4, -0.2) is 41.3 Å². The summed E-state index contributed by atoms with van der Waals surface area (Å²) >= 11 is 0. The Morgan fingerprint density at radius 3 is 2.69 bits per heavy atom. The molecular weight excluding hydrogens is 332 g/mol. The number of nitrogens with zero attached hydrogens (tertiary/aromatic N) is 2. The lowest BCUT2D eigenvalue weighted by molar-refractivity contribution is -0.121. The number of aryl methyl sites for hydroxylation is 2. The van der Waals surface area contributed by atoms with Gasteiger partial charge in [0.05, 0.1) is 19.3 Å². The number of methoxy groups -OCH3 is 1. The molecule has 0 fully saturated rings. The first-order valence-corrected chi connectivity index (χ1v) is 8.61. The van der Waals surface area contributed by atoms with Gasteiger partial charge < -0.3 is 15.4 Å². The van der Waals surface area contributed by atoms with E-state index in [0.717, 1.165) is 11.4 Å². The van der Waals surface area contributed by atoms with Gasteiger partial charge in [0.1, 0.15) is 5.75 Å². The van der Waals surface area contributed by atoms with Gasteiger partial charge in [0, 0.05) is 30.3 Å². The fourth-order valence-electron chi connectivity index (χ4n) is 2.67. The minimum Gasteiger partial charge on any atom is -0.497 e. The normalized spacial score (nSPS) is 11.7. The standard InChI is InChI=1S/C19H26N4O3/c1-13-10-15(3)23(22-13)12-14(2)21-18(24)8-9-20-19(25)16-6-5-7-17(11-16)26-4/h5-7,10-11,14H,8-9,12H2,1-4H3,(H,20,25)(H,21,24). The topological polar surface area (TPSA) is 85.2 Å². The molecule has 1 aromatic heterocycles. The number of nitrogens with one attached hydrogen (secondary N) is 2. The Bertz CT molecular complexity index is 770. The second kappa shape index (κ2) is 9.03. The Labute approximate surface area is 153 Å². The van der Waals surface area contributed by atoms with E-state index in [1.807, 2.05) is 31.5 Å². The number of benzene rings is 1. The van der Waals surface area contributed by atoms with Crippen LogP contribution in [0.5, 0.6) is 5.75 Å². The van der Waals surface area contributed by atoms with Crippen LogP contribution in [0.4, 0.5) is 0 Å². The average molecular weight is 358 g/mol. The maximum atomic E-state index is 12.1. The van der Waals surface area contributed by atoms with Crippen LogP contribution in [0.3, 0.4) is 0 Å². The van der Waals surface area contributed by atoms with Crippen molar-refractivity contribution in [3.8, 4) is 5.75 Å². The van der Waals surface area contributed by atoms with E-state index in [-0.39, 0.29) is 30.8 Å². The van der Waals surface area contributed by atoms with Crippen molar-refractivity contribution in [1.29, 1.82) is 0 Å². The minimum absolute atomic E-state index is 0.0467. The van der Waals surface area contributed by atoms with Gasteiger partial charge in [-0.2, -0.15) is 5.10 Å². The summed E-state index contributed by atoms with van der Waals surface area (Å²) < 4.78 is 6.98. The molecule has 0 aliphatic carbocycles. The molecule has 1 heterocycles. The summed E-state index contributed by atoms with van der Waals surface area (Å²) in [5.41, 5.74) is 2.53. The van der Waals surface area contributed by atoms with Crippen LogP contribution in [0.25, 0.3) is 0 Å². The third-order valence-corrected chi connectivity index (χ3v) is 3.93. The first-order chi connectivity index (χ1) is 12.4. The molecule has 0 saturated heterocycles. The Morgan fingerprint density at radius 2 is 2.04 bits per heavy atom. The number of hydrogen-bond donors (Lipinski definition) is 2. The van der Waals surface area contributed by atoms with Gasteiger partial charge >= 0.3 is 0 Å². The molecule has 0 aliphatic rings. The molecule has 7 heteroatoms. The monoisotopic (exact) mass is 358 g/mol. The number of carbonyl (C=O) groups excluding carboxylic acids is 2. The third-order valence-electron chi connectivity index (χ3n) is 3.93. The molecule has 0 spiro atoms. The van der Waals surface area contributed by atoms with Gasteiger partial charge in [0.2, 0.25) is 5.91 Å². The summed E-state index contributed by atoms with van der Waals surface area (Å²) in [6.07, 6.45) is 0.219. The highest BCUT2D eigenvalue weighted by atomic mass is 16.5. The van der Waals surface area contributed by atoms with Gasteiger partial charge in [0.25, 0.3) is 5.91 Å². The third kappa shape index (κ3) is 5.61. The van der Waals surface area contributed by atoms with Gasteiger partial charge in [-0.25, -0.2) is 0 Å². The smallest absolute Gasteiger partial charge is 0.251 e. The van der Waals surface area contributed by atoms with E-state index >= 15 is 0 Å². The molecule has 0 saturated carbocycles. The number of hydrogen-bond acceptors (Lipinski definition) is 4. The second-order valence-electron chi connectivity index (χ2n) is 6.32. The maximum absolute atomic E-state index is 12.1. The van der Waals surface area contributed by atoms with Crippen LogP contribution < -0.4 is 15.4 Å². The molecule has 1 aromatic carbocycles. The molecule has 0 bridgehead atoms. The van der Waals surface area contributed by atoms with Gasteiger partial charge in [-0.3, -0.25) is 14.3 Å². The second-order valence-corrected chi connectivity index (χ2v) is 6.32. The number of ether oxygens (including phenoxy) is 1. The minimum atomic E-state index is -0.229. The van der Waals surface area contributed by atoms with Crippen molar-refractivity contribution in [3.05, 3.63) is 47.3 Å². The molecule has 0 radical (unpaired) electrons. The predicted octanol–water partition coefficient (Wildman–Crippen LogP) is 1.83. The number of rotatable bonds is 8. The Kier molecular flexibility index (Phi) is 6.77. The zero-order valence-electron chi connectivity index (χ0n) is 15.7. The summed E-state index contributed by atoms with van der Waals surface area (Å²) in [5, 5.41) is 10.1. The summed E-state index contributed by atoms with van der Waals surface area (Å²) in [6, 6.07) is 8.84. The molecule has 2 N–H and O–H groups in total. The van der Waals surface area contributed by atoms with Crippen molar-refractivity contribution < 1.29 is 14.3 Å². The van der Waals surface area contributed by atoms with Crippen LogP contribution in [0, 0.1) is 13.8 Å². The SMILES string of the molecule is COc1cccc(C(=O)NCCC(=O)NC(C)Cn2nc(C)cc2C)c1. The van der Waals surface area contributed by atoms with E-state index in [1.54, 1.807) is 31.4 Å². The molecule has 2 aromatic rings. The predicted molar refractivity (Wildman–Crippen MR) is 99.2 cm³/mol. The summed E-state index contributed by atoms with van der Waals surface area (Å²) in [5.74, 6) is 0.283. The Balaban J connectivity index is 1.74. The largest absolute Gasteiger partial charge is 0.497 e. The van der Waals surface area contributed by atoms with Crippen LogP contribution in [-0.2, 0) is 11.3 Å². The highest BCUT2D eigenvalue weighted by Gasteiger charge is 2.11. The lowest BCUT2D eigenvalue weighted by atomic mass is 10.2. The fraction of sp³-hybridized carbons (Fsp3) is 0.421. The van der Waals surface area contributed by atoms with Crippen LogP contribution in [0.1, 0.15) is 35.1 Å². The number of amides is 2. The number of carbonyl (C=O) groups is 2. The highest BCUT2D eigenvalue weighted by molar-refractivity contribution is 5.94. The quantitative estimate of drug-likeness (QED) is 0.754. The molecule has 1 unspecified atom stereocenters. The van der Waals surface area contributed by atoms with E-state index in [9.17, 15) is 9.59 Å². The van der Waals surface area contributed by atoms with Crippen molar-refractivity contribution in [2.24, 2.45) is 0 Å². The number of aromatic nitrogens is 2. The van der Waals surface area contributed by atoms with Crippen molar-refractivity contribution >= 4 is 11.8 Å². The molecule has 26 heavy (non-hydrogen) atoms. The van der Waals surface area contributed by atoms with Gasteiger partial charge in [-0.15, -0.1) is 0 Å². The van der Waals surface area contributed by atoms with Crippen LogP contribution >= 0.6 is 0 Å². The maximum Gasteiger partial charge on any atom is 0.251 e. The molecular formula is C19H26N4O3. The van der Waals surface area contributed by atoms with Crippen LogP contribution in [0.15, 0.2) is 30.3 Å². The summed E-state index contributed by atoms with van der Waals surface area (Å²) in [7, 11) is 1.55. The van der Waals surface area contributed by atoms with E-state index in [2.05, 4.69) is 15.7 Å². The van der Waals surface area contributed by atoms with Gasteiger partial charge in [0.15, 0.2) is 0 Å². The van der Waals surface area contributed by atoms with E-state index < -0.39 is 0 Å². The van der Waals surface area contributed by atoms with Crippen molar-refractivity contribution in [2.75, 3.05) is 13.7 Å². The van der Waals surface area contributed by atoms with Gasteiger partial charge in [-0.05, 0) is 45.0 Å². The van der Waals surface area contributed by atoms with Gasteiger partial charge in [-0.1, -0.05) is 6.07 Å². The summed E-state index contributed by atoms with van der Waals surface area (Å²) in [4.78, 5) is 24.1. The lowest BCUT2D eigenvalue weighted by Crippen LogP contribution is -2.38. The van der Waals surface area contributed by atoms with Crippen molar-refractivity contribution in [1.82, 2.24) is 20.4 Å². The fourth-order valence-corrected chi connectivity index (χ4v) is 2.67. The zero-order valence-corrected chi connectivity index (χ0v) is 15.7. The Hall–Kier alpha value is -2.83. The molecule has 2 rings (SSSR count). The lowest BCUT2D eigenvalue weighted by Gasteiger charge is -2.15. The molecule has 2 amide bonds. The van der Waals surface area contributed by atoms with Crippen molar-refractivity contribution in [3.63, 3.8) is 0 Å². The zero-order chi connectivity index (χ0) is 19.1. The molecule has 140 valence electrons. The van der Waals surface area contributed by atoms with Crippen molar-refractivity contribution in [2.45, 2.75) is 39.8 Å². The molecule has 0 aliphatic heterocycles. The first-order valence-electron chi connectivity index (χ1n) is 8.61. The Morgan fingerprint density at radius 1 is 1.27 bits per heavy atom. The van der Waals surface area contributed by atoms with E-state index in [0.29, 0.717) is 17.9 Å². The highest BCUT2D eigenvalue weighted by Crippen LogP contribution is 2.12. The van der Waals surface area contributed by atoms with Crippen LogP contribution in [0.2, 0.25) is 0 Å².